The Hall–Kier alpha value is -1.98. The summed E-state index contributed by atoms with van der Waals surface area (Å²) in [6, 6.07) is 11.7. The lowest BCUT2D eigenvalue weighted by molar-refractivity contribution is -0.120. The van der Waals surface area contributed by atoms with Crippen molar-refractivity contribution in [3.05, 3.63) is 53.5 Å². The van der Waals surface area contributed by atoms with Crippen molar-refractivity contribution >= 4 is 18.3 Å². The number of piperidine rings is 1. The number of carbonyl (C=O) groups excluding carboxylic acids is 1. The maximum atomic E-state index is 12.5. The van der Waals surface area contributed by atoms with E-state index in [0.29, 0.717) is 13.0 Å². The molecule has 1 N–H and O–H groups in total. The Bertz CT molecular complexity index is 736. The van der Waals surface area contributed by atoms with Crippen LogP contribution < -0.4 is 10.1 Å². The molecule has 1 fully saturated rings. The zero-order valence-corrected chi connectivity index (χ0v) is 17.8. The van der Waals surface area contributed by atoms with Crippen molar-refractivity contribution in [1.82, 2.24) is 10.2 Å². The molecule has 154 valence electrons. The number of methoxy groups -OCH3 is 1. The Kier molecular flexibility index (Phi) is 8.39. The van der Waals surface area contributed by atoms with Gasteiger partial charge < -0.3 is 14.5 Å². The zero-order valence-electron chi connectivity index (χ0n) is 16.9. The third-order valence-electron chi connectivity index (χ3n) is 5.36. The number of nitrogens with one attached hydrogen (secondary N) is 1. The van der Waals surface area contributed by atoms with E-state index in [2.05, 4.69) is 17.1 Å². The molecule has 1 atom stereocenters. The number of hydrogen-bond donors (Lipinski definition) is 1. The molecule has 0 spiro atoms. The molecule has 1 aromatic carbocycles. The average molecular weight is 407 g/mol. The molecule has 1 saturated heterocycles. The summed E-state index contributed by atoms with van der Waals surface area (Å²) in [5, 5.41) is 3.10. The second-order valence-corrected chi connectivity index (χ2v) is 7.51. The van der Waals surface area contributed by atoms with Crippen LogP contribution >= 0.6 is 12.4 Å². The van der Waals surface area contributed by atoms with E-state index in [1.807, 2.05) is 43.3 Å². The van der Waals surface area contributed by atoms with Gasteiger partial charge in [-0.25, -0.2) is 0 Å². The smallest absolute Gasteiger partial charge is 0.224 e. The summed E-state index contributed by atoms with van der Waals surface area (Å²) in [5.41, 5.74) is 0.977. The van der Waals surface area contributed by atoms with Crippen LogP contribution in [0.15, 0.2) is 40.8 Å². The molecule has 5 nitrogen and oxygen atoms in total. The maximum Gasteiger partial charge on any atom is 0.224 e. The van der Waals surface area contributed by atoms with Crippen LogP contribution in [0.2, 0.25) is 0 Å². The minimum Gasteiger partial charge on any atom is -0.497 e. The SMILES string of the molecule is COc1ccc(CC(=O)NCC(c2ccc(C)o2)N2CCC(C)CC2)cc1.Cl. The van der Waals surface area contributed by atoms with Crippen LogP contribution in [0.25, 0.3) is 0 Å². The predicted molar refractivity (Wildman–Crippen MR) is 113 cm³/mol. The highest BCUT2D eigenvalue weighted by molar-refractivity contribution is 5.85. The number of likely N-dealkylation sites (tertiary alicyclic amines) is 1. The number of carbonyl (C=O) groups is 1. The van der Waals surface area contributed by atoms with Crippen molar-refractivity contribution in [3.63, 3.8) is 0 Å². The Morgan fingerprint density at radius 1 is 1.21 bits per heavy atom. The Morgan fingerprint density at radius 3 is 2.46 bits per heavy atom. The number of aryl methyl sites for hydroxylation is 1. The van der Waals surface area contributed by atoms with E-state index >= 15 is 0 Å². The van der Waals surface area contributed by atoms with E-state index in [4.69, 9.17) is 9.15 Å². The minimum absolute atomic E-state index is 0. The van der Waals surface area contributed by atoms with Crippen molar-refractivity contribution in [3.8, 4) is 5.75 Å². The van der Waals surface area contributed by atoms with Gasteiger partial charge in [0.2, 0.25) is 5.91 Å². The first kappa shape index (κ1) is 22.3. The molecule has 1 aliphatic rings. The molecule has 0 radical (unpaired) electrons. The first-order valence-corrected chi connectivity index (χ1v) is 9.75. The van der Waals surface area contributed by atoms with E-state index in [0.717, 1.165) is 41.8 Å². The number of benzene rings is 1. The van der Waals surface area contributed by atoms with Crippen LogP contribution in [-0.4, -0.2) is 37.6 Å². The van der Waals surface area contributed by atoms with Gasteiger partial charge in [-0.2, -0.15) is 0 Å². The summed E-state index contributed by atoms with van der Waals surface area (Å²) in [6.45, 7) is 6.91. The normalized spacial score (nSPS) is 16.2. The molecule has 0 aliphatic carbocycles. The molecule has 1 aliphatic heterocycles. The summed E-state index contributed by atoms with van der Waals surface area (Å²) in [7, 11) is 1.64. The molecule has 0 bridgehead atoms. The van der Waals surface area contributed by atoms with Crippen molar-refractivity contribution in [2.45, 2.75) is 39.2 Å². The molecule has 0 saturated carbocycles. The Labute approximate surface area is 173 Å². The van der Waals surface area contributed by atoms with Crippen LogP contribution in [0.5, 0.6) is 5.75 Å². The van der Waals surface area contributed by atoms with Crippen LogP contribution in [-0.2, 0) is 11.2 Å². The van der Waals surface area contributed by atoms with Crippen LogP contribution in [0, 0.1) is 12.8 Å². The molecule has 3 rings (SSSR count). The summed E-state index contributed by atoms with van der Waals surface area (Å²) in [5.74, 6) is 3.44. The quantitative estimate of drug-likeness (QED) is 0.750. The van der Waals surface area contributed by atoms with Gasteiger partial charge in [-0.1, -0.05) is 19.1 Å². The van der Waals surface area contributed by atoms with Crippen molar-refractivity contribution in [2.24, 2.45) is 5.92 Å². The Balaban J connectivity index is 0.00000280. The second-order valence-electron chi connectivity index (χ2n) is 7.51. The molecule has 6 heteroatoms. The number of hydrogen-bond acceptors (Lipinski definition) is 4. The predicted octanol–water partition coefficient (Wildman–Crippen LogP) is 4.15. The van der Waals surface area contributed by atoms with Crippen LogP contribution in [0.1, 0.15) is 42.9 Å². The maximum absolute atomic E-state index is 12.5. The summed E-state index contributed by atoms with van der Waals surface area (Å²) >= 11 is 0. The lowest BCUT2D eigenvalue weighted by atomic mass is 9.97. The number of ether oxygens (including phenoxy) is 1. The first-order chi connectivity index (χ1) is 13.0. The molecule has 1 amide bonds. The molecule has 2 aromatic rings. The van der Waals surface area contributed by atoms with Gasteiger partial charge in [0.15, 0.2) is 0 Å². The van der Waals surface area contributed by atoms with Gasteiger partial charge >= 0.3 is 0 Å². The number of nitrogens with zero attached hydrogens (tertiary/aromatic N) is 1. The third kappa shape index (κ3) is 6.01. The topological polar surface area (TPSA) is 54.7 Å². The Morgan fingerprint density at radius 2 is 1.89 bits per heavy atom. The highest BCUT2D eigenvalue weighted by Gasteiger charge is 2.27. The number of amides is 1. The fourth-order valence-electron chi connectivity index (χ4n) is 3.58. The summed E-state index contributed by atoms with van der Waals surface area (Å²) < 4.78 is 11.1. The van der Waals surface area contributed by atoms with Crippen molar-refractivity contribution in [2.75, 3.05) is 26.7 Å². The van der Waals surface area contributed by atoms with E-state index < -0.39 is 0 Å². The molecule has 1 unspecified atom stereocenters. The largest absolute Gasteiger partial charge is 0.497 e. The van der Waals surface area contributed by atoms with E-state index in [9.17, 15) is 4.79 Å². The highest BCUT2D eigenvalue weighted by atomic mass is 35.5. The zero-order chi connectivity index (χ0) is 19.2. The third-order valence-corrected chi connectivity index (χ3v) is 5.36. The number of furan rings is 1. The highest BCUT2D eigenvalue weighted by Crippen LogP contribution is 2.27. The lowest BCUT2D eigenvalue weighted by Crippen LogP contribution is -2.42. The van der Waals surface area contributed by atoms with Crippen molar-refractivity contribution in [1.29, 1.82) is 0 Å². The standard InChI is InChI=1S/C22H30N2O3.ClH/c1-16-10-12-24(13-11-16)20(21-9-4-17(2)27-21)15-23-22(25)14-18-5-7-19(26-3)8-6-18;/h4-9,16,20H,10-15H2,1-3H3,(H,23,25);1H. The fraction of sp³-hybridized carbons (Fsp3) is 0.500. The molecule has 1 aromatic heterocycles. The van der Waals surface area contributed by atoms with Gasteiger partial charge in [-0.15, -0.1) is 12.4 Å². The molecular weight excluding hydrogens is 376 g/mol. The van der Waals surface area contributed by atoms with Gasteiger partial charge in [-0.05, 0) is 68.6 Å². The lowest BCUT2D eigenvalue weighted by Gasteiger charge is -2.35. The van der Waals surface area contributed by atoms with E-state index in [1.165, 1.54) is 12.8 Å². The summed E-state index contributed by atoms with van der Waals surface area (Å²) in [6.07, 6.45) is 2.75. The van der Waals surface area contributed by atoms with Gasteiger partial charge in [0.25, 0.3) is 0 Å². The van der Waals surface area contributed by atoms with Gasteiger partial charge in [0.05, 0.1) is 19.6 Å². The van der Waals surface area contributed by atoms with Gasteiger partial charge in [0, 0.05) is 6.54 Å². The minimum atomic E-state index is 0. The molecule has 2 heterocycles. The number of halogens is 1. The summed E-state index contributed by atoms with van der Waals surface area (Å²) in [4.78, 5) is 14.9. The van der Waals surface area contributed by atoms with Gasteiger partial charge in [-0.3, -0.25) is 9.69 Å². The fourth-order valence-corrected chi connectivity index (χ4v) is 3.58. The monoisotopic (exact) mass is 406 g/mol. The van der Waals surface area contributed by atoms with E-state index in [-0.39, 0.29) is 24.4 Å². The van der Waals surface area contributed by atoms with Crippen LogP contribution in [0.3, 0.4) is 0 Å². The molecular formula is C22H31ClN2O3. The molecule has 28 heavy (non-hydrogen) atoms. The van der Waals surface area contributed by atoms with E-state index in [1.54, 1.807) is 7.11 Å². The average Bonchev–Trinajstić information content (AvgIpc) is 3.10. The van der Waals surface area contributed by atoms with Crippen molar-refractivity contribution < 1.29 is 13.9 Å². The van der Waals surface area contributed by atoms with Crippen LogP contribution in [0.4, 0.5) is 0 Å². The van der Waals surface area contributed by atoms with Gasteiger partial charge in [0.1, 0.15) is 17.3 Å². The number of rotatable bonds is 7. The second kappa shape index (κ2) is 10.5. The first-order valence-electron chi connectivity index (χ1n) is 9.75.